The minimum absolute atomic E-state index is 0.0467. The number of carbonyl (C=O) groups excluding carboxylic acids is 1. The summed E-state index contributed by atoms with van der Waals surface area (Å²) >= 11 is 6.04. The number of aromatic nitrogens is 2. The largest absolute Gasteiger partial charge is 0.466 e. The van der Waals surface area contributed by atoms with Gasteiger partial charge >= 0.3 is 5.97 Å². The maximum absolute atomic E-state index is 11.8. The second kappa shape index (κ2) is 6.89. The molecule has 0 N–H and O–H groups in total. The summed E-state index contributed by atoms with van der Waals surface area (Å²) in [6.07, 6.45) is 1.71. The van der Waals surface area contributed by atoms with Crippen LogP contribution in [0.3, 0.4) is 0 Å². The van der Waals surface area contributed by atoms with Gasteiger partial charge in [0.05, 0.1) is 30.1 Å². The first-order valence-corrected chi connectivity index (χ1v) is 8.46. The minimum Gasteiger partial charge on any atom is -0.466 e. The molecular weight excluding hydrogens is 314 g/mol. The number of esters is 1. The maximum Gasteiger partial charge on any atom is 0.309 e. The molecule has 0 radical (unpaired) electrons. The van der Waals surface area contributed by atoms with Crippen molar-refractivity contribution in [2.75, 3.05) is 19.7 Å². The van der Waals surface area contributed by atoms with Crippen LogP contribution in [0, 0.1) is 5.92 Å². The molecule has 2 aromatic rings. The van der Waals surface area contributed by atoms with E-state index >= 15 is 0 Å². The number of likely N-dealkylation sites (tertiary alicyclic amines) is 1. The van der Waals surface area contributed by atoms with E-state index in [2.05, 4.69) is 9.47 Å². The van der Waals surface area contributed by atoms with Gasteiger partial charge in [0.25, 0.3) is 0 Å². The number of ether oxygens (including phenoxy) is 1. The molecule has 1 aromatic carbocycles. The van der Waals surface area contributed by atoms with E-state index in [1.54, 1.807) is 0 Å². The van der Waals surface area contributed by atoms with Gasteiger partial charge in [-0.05, 0) is 51.1 Å². The summed E-state index contributed by atoms with van der Waals surface area (Å²) < 4.78 is 7.23. The third-order valence-corrected chi connectivity index (χ3v) is 4.74. The van der Waals surface area contributed by atoms with E-state index in [0.29, 0.717) is 11.6 Å². The SMILES string of the molecule is CCOC(=O)C1CCN(Cc2nc3cc(Cl)ccc3n2C)CC1. The van der Waals surface area contributed by atoms with E-state index in [0.717, 1.165) is 49.3 Å². The van der Waals surface area contributed by atoms with Crippen molar-refractivity contribution in [3.63, 3.8) is 0 Å². The molecule has 1 saturated heterocycles. The van der Waals surface area contributed by atoms with Crippen LogP contribution in [0.2, 0.25) is 5.02 Å². The Kier molecular flexibility index (Phi) is 4.87. The van der Waals surface area contributed by atoms with Crippen LogP contribution in [-0.2, 0) is 23.1 Å². The zero-order chi connectivity index (χ0) is 16.4. The Labute approximate surface area is 141 Å². The molecule has 1 aliphatic rings. The van der Waals surface area contributed by atoms with Crippen LogP contribution >= 0.6 is 11.6 Å². The summed E-state index contributed by atoms with van der Waals surface area (Å²) in [5, 5.41) is 0.706. The molecule has 124 valence electrons. The molecule has 0 spiro atoms. The van der Waals surface area contributed by atoms with Crippen molar-refractivity contribution in [3.8, 4) is 0 Å². The quantitative estimate of drug-likeness (QED) is 0.806. The lowest BCUT2D eigenvalue weighted by molar-refractivity contribution is -0.149. The minimum atomic E-state index is -0.0514. The van der Waals surface area contributed by atoms with Crippen molar-refractivity contribution in [1.82, 2.24) is 14.5 Å². The number of carbonyl (C=O) groups is 1. The van der Waals surface area contributed by atoms with Gasteiger partial charge in [-0.3, -0.25) is 9.69 Å². The fraction of sp³-hybridized carbons (Fsp3) is 0.529. The molecule has 3 rings (SSSR count). The Morgan fingerprint density at radius 2 is 2.13 bits per heavy atom. The van der Waals surface area contributed by atoms with Crippen LogP contribution in [0.1, 0.15) is 25.6 Å². The molecule has 6 heteroatoms. The second-order valence-corrected chi connectivity index (χ2v) is 6.46. The molecule has 0 amide bonds. The predicted octanol–water partition coefficient (Wildman–Crippen LogP) is 3.00. The smallest absolute Gasteiger partial charge is 0.309 e. The molecule has 0 saturated carbocycles. The molecule has 23 heavy (non-hydrogen) atoms. The average molecular weight is 336 g/mol. The Morgan fingerprint density at radius 1 is 1.39 bits per heavy atom. The van der Waals surface area contributed by atoms with Crippen molar-refractivity contribution in [2.24, 2.45) is 13.0 Å². The average Bonchev–Trinajstić information content (AvgIpc) is 2.83. The van der Waals surface area contributed by atoms with Gasteiger partial charge in [0.15, 0.2) is 0 Å². The first-order valence-electron chi connectivity index (χ1n) is 8.08. The fourth-order valence-electron chi connectivity index (χ4n) is 3.15. The summed E-state index contributed by atoms with van der Waals surface area (Å²) in [6, 6.07) is 5.79. The Hall–Kier alpha value is -1.59. The second-order valence-electron chi connectivity index (χ2n) is 6.02. The van der Waals surface area contributed by atoms with Gasteiger partial charge in [0.1, 0.15) is 5.82 Å². The van der Waals surface area contributed by atoms with Gasteiger partial charge < -0.3 is 9.30 Å². The number of piperidine rings is 1. The highest BCUT2D eigenvalue weighted by Crippen LogP contribution is 2.23. The lowest BCUT2D eigenvalue weighted by Crippen LogP contribution is -2.37. The molecule has 0 bridgehead atoms. The van der Waals surface area contributed by atoms with Crippen LogP contribution in [0.5, 0.6) is 0 Å². The van der Waals surface area contributed by atoms with Crippen molar-refractivity contribution >= 4 is 28.6 Å². The summed E-state index contributed by atoms with van der Waals surface area (Å²) in [5.41, 5.74) is 2.02. The lowest BCUT2D eigenvalue weighted by atomic mass is 9.97. The predicted molar refractivity (Wildman–Crippen MR) is 90.4 cm³/mol. The third-order valence-electron chi connectivity index (χ3n) is 4.51. The van der Waals surface area contributed by atoms with Crippen molar-refractivity contribution in [3.05, 3.63) is 29.0 Å². The molecular formula is C17H22ClN3O2. The number of halogens is 1. The van der Waals surface area contributed by atoms with Crippen molar-refractivity contribution in [2.45, 2.75) is 26.3 Å². The van der Waals surface area contributed by atoms with Crippen LogP contribution in [-0.4, -0.2) is 40.1 Å². The highest BCUT2D eigenvalue weighted by Gasteiger charge is 2.26. The van der Waals surface area contributed by atoms with E-state index in [4.69, 9.17) is 21.3 Å². The number of rotatable bonds is 4. The fourth-order valence-corrected chi connectivity index (χ4v) is 3.32. The molecule has 0 atom stereocenters. The van der Waals surface area contributed by atoms with Crippen LogP contribution in [0.25, 0.3) is 11.0 Å². The third kappa shape index (κ3) is 3.51. The zero-order valence-corrected chi connectivity index (χ0v) is 14.3. The van der Waals surface area contributed by atoms with Gasteiger partial charge in [-0.2, -0.15) is 0 Å². The van der Waals surface area contributed by atoms with E-state index in [1.807, 2.05) is 32.2 Å². The highest BCUT2D eigenvalue weighted by atomic mass is 35.5. The number of imidazole rings is 1. The summed E-state index contributed by atoms with van der Waals surface area (Å²) in [4.78, 5) is 18.8. The molecule has 1 fully saturated rings. The number of hydrogen-bond acceptors (Lipinski definition) is 4. The first-order chi connectivity index (χ1) is 11.1. The van der Waals surface area contributed by atoms with Gasteiger partial charge in [0.2, 0.25) is 0 Å². The zero-order valence-electron chi connectivity index (χ0n) is 13.6. The topological polar surface area (TPSA) is 47.4 Å². The number of nitrogens with zero attached hydrogens (tertiary/aromatic N) is 3. The van der Waals surface area contributed by atoms with E-state index in [1.165, 1.54) is 0 Å². The van der Waals surface area contributed by atoms with Crippen molar-refractivity contribution in [1.29, 1.82) is 0 Å². The number of aryl methyl sites for hydroxylation is 1. The van der Waals surface area contributed by atoms with Gasteiger partial charge in [-0.15, -0.1) is 0 Å². The lowest BCUT2D eigenvalue weighted by Gasteiger charge is -2.30. The number of benzene rings is 1. The maximum atomic E-state index is 11.8. The van der Waals surface area contributed by atoms with E-state index in [-0.39, 0.29) is 11.9 Å². The van der Waals surface area contributed by atoms with Gasteiger partial charge in [-0.25, -0.2) is 4.98 Å². The standard InChI is InChI=1S/C17H22ClN3O2/c1-3-23-17(22)12-6-8-21(9-7-12)11-16-19-14-10-13(18)4-5-15(14)20(16)2/h4-5,10,12H,3,6-9,11H2,1-2H3. The summed E-state index contributed by atoms with van der Waals surface area (Å²) in [7, 11) is 2.03. The van der Waals surface area contributed by atoms with Crippen LogP contribution < -0.4 is 0 Å². The summed E-state index contributed by atoms with van der Waals surface area (Å²) in [5.74, 6) is 1.02. The normalized spacial score (nSPS) is 16.8. The first kappa shape index (κ1) is 16.3. The molecule has 0 unspecified atom stereocenters. The molecule has 1 aromatic heterocycles. The van der Waals surface area contributed by atoms with Gasteiger partial charge in [-0.1, -0.05) is 11.6 Å². The highest BCUT2D eigenvalue weighted by molar-refractivity contribution is 6.31. The van der Waals surface area contributed by atoms with Crippen molar-refractivity contribution < 1.29 is 9.53 Å². The monoisotopic (exact) mass is 335 g/mol. The van der Waals surface area contributed by atoms with Crippen LogP contribution in [0.15, 0.2) is 18.2 Å². The number of hydrogen-bond donors (Lipinski definition) is 0. The molecule has 1 aliphatic heterocycles. The van der Waals surface area contributed by atoms with Crippen LogP contribution in [0.4, 0.5) is 0 Å². The van der Waals surface area contributed by atoms with Gasteiger partial charge in [0, 0.05) is 12.1 Å². The molecule has 0 aliphatic carbocycles. The summed E-state index contributed by atoms with van der Waals surface area (Å²) in [6.45, 7) is 4.89. The van der Waals surface area contributed by atoms with E-state index in [9.17, 15) is 4.79 Å². The Morgan fingerprint density at radius 3 is 2.83 bits per heavy atom. The Balaban J connectivity index is 1.65. The molecule has 5 nitrogen and oxygen atoms in total. The molecule has 2 heterocycles. The Bertz CT molecular complexity index is 705. The number of fused-ring (bicyclic) bond motifs is 1. The van der Waals surface area contributed by atoms with E-state index < -0.39 is 0 Å².